The van der Waals surface area contributed by atoms with Crippen molar-refractivity contribution in [2.75, 3.05) is 13.6 Å². The minimum absolute atomic E-state index is 0.000575. The first kappa shape index (κ1) is 21.3. The van der Waals surface area contributed by atoms with E-state index >= 15 is 0 Å². The Morgan fingerprint density at radius 1 is 1.23 bits per heavy atom. The number of hydrogen-bond acceptors (Lipinski definition) is 6. The van der Waals surface area contributed by atoms with Gasteiger partial charge >= 0.3 is 11.8 Å². The molecule has 3 fully saturated rings. The average molecular weight is 428 g/mol. The number of imide groups is 1. The minimum Gasteiger partial charge on any atom is -0.474 e. The fraction of sp³-hybridized carbons (Fsp3) is 0.591. The Hall–Kier alpha value is -2.97. The Bertz CT molecular complexity index is 886. The van der Waals surface area contributed by atoms with Crippen molar-refractivity contribution in [3.8, 4) is 5.88 Å². The van der Waals surface area contributed by atoms with Gasteiger partial charge in [0.1, 0.15) is 11.7 Å². The second kappa shape index (κ2) is 8.28. The van der Waals surface area contributed by atoms with Crippen LogP contribution in [0.15, 0.2) is 18.3 Å². The van der Waals surface area contributed by atoms with Crippen LogP contribution in [0, 0.1) is 11.3 Å². The number of carbonyl (C=O) groups is 4. The number of nitrogens with two attached hydrogens (primary N) is 1. The maximum Gasteiger partial charge on any atom is 0.318 e. The number of aromatic nitrogens is 1. The van der Waals surface area contributed by atoms with Crippen molar-refractivity contribution in [1.82, 2.24) is 14.8 Å². The predicted octanol–water partition coefficient (Wildman–Crippen LogP) is 1.11. The average Bonchev–Trinajstić information content (AvgIpc) is 2.66. The van der Waals surface area contributed by atoms with Crippen LogP contribution in [0.2, 0.25) is 0 Å². The van der Waals surface area contributed by atoms with Crippen molar-refractivity contribution in [1.29, 1.82) is 0 Å². The smallest absolute Gasteiger partial charge is 0.318 e. The van der Waals surface area contributed by atoms with Gasteiger partial charge in [-0.15, -0.1) is 0 Å². The van der Waals surface area contributed by atoms with E-state index in [4.69, 9.17) is 10.5 Å². The Morgan fingerprint density at radius 2 is 1.94 bits per heavy atom. The number of ether oxygens (including phenoxy) is 1. The summed E-state index contributed by atoms with van der Waals surface area (Å²) in [6.07, 6.45) is 8.06. The molecule has 0 radical (unpaired) electrons. The van der Waals surface area contributed by atoms with Crippen molar-refractivity contribution in [3.05, 3.63) is 23.9 Å². The van der Waals surface area contributed by atoms with Crippen molar-refractivity contribution in [2.24, 2.45) is 17.1 Å². The lowest BCUT2D eigenvalue weighted by molar-refractivity contribution is -0.164. The second-order valence-electron chi connectivity index (χ2n) is 9.23. The van der Waals surface area contributed by atoms with Gasteiger partial charge in [0, 0.05) is 25.8 Å². The molecule has 9 nitrogen and oxygen atoms in total. The first-order chi connectivity index (χ1) is 14.8. The van der Waals surface area contributed by atoms with E-state index in [1.807, 2.05) is 0 Å². The third-order valence-corrected chi connectivity index (χ3v) is 7.00. The summed E-state index contributed by atoms with van der Waals surface area (Å²) in [7, 11) is 1.62. The van der Waals surface area contributed by atoms with E-state index in [-0.39, 0.29) is 29.0 Å². The van der Waals surface area contributed by atoms with E-state index in [0.29, 0.717) is 31.7 Å². The van der Waals surface area contributed by atoms with E-state index in [2.05, 4.69) is 4.98 Å². The van der Waals surface area contributed by atoms with Crippen molar-refractivity contribution in [2.45, 2.75) is 57.1 Å². The molecular weight excluding hydrogens is 400 g/mol. The molecule has 0 saturated heterocycles. The monoisotopic (exact) mass is 428 g/mol. The molecular formula is C22H28N4O5. The van der Waals surface area contributed by atoms with Crippen LogP contribution in [0.3, 0.4) is 0 Å². The molecule has 1 aromatic rings. The largest absolute Gasteiger partial charge is 0.474 e. The zero-order chi connectivity index (χ0) is 22.2. The zero-order valence-electron chi connectivity index (χ0n) is 17.7. The lowest BCUT2D eigenvalue weighted by Gasteiger charge is -2.58. The first-order valence-corrected chi connectivity index (χ1v) is 10.8. The fourth-order valence-corrected chi connectivity index (χ4v) is 5.01. The molecule has 9 heteroatoms. The molecule has 1 spiro atoms. The van der Waals surface area contributed by atoms with Gasteiger partial charge in [-0.05, 0) is 62.0 Å². The maximum absolute atomic E-state index is 12.6. The van der Waals surface area contributed by atoms with Gasteiger partial charge < -0.3 is 15.4 Å². The molecule has 4 rings (SSSR count). The highest BCUT2D eigenvalue weighted by Crippen LogP contribution is 2.58. The summed E-state index contributed by atoms with van der Waals surface area (Å²) >= 11 is 0. The lowest BCUT2D eigenvalue weighted by atomic mass is 9.52. The number of carbonyl (C=O) groups excluding carboxylic acids is 4. The number of pyridine rings is 1. The highest BCUT2D eigenvalue weighted by Gasteiger charge is 2.56. The molecule has 166 valence electrons. The number of primary amides is 1. The van der Waals surface area contributed by atoms with Gasteiger partial charge in [-0.1, -0.05) is 6.42 Å². The quantitative estimate of drug-likeness (QED) is 0.513. The Labute approximate surface area is 180 Å². The highest BCUT2D eigenvalue weighted by atomic mass is 16.5. The molecule has 31 heavy (non-hydrogen) atoms. The SMILES string of the molecule is CN(CC1CCC1)C(=O)C(=O)N(C=O)C1CC2(CC(Oc3ncccc3C(N)=O)C2)C1. The molecule has 0 aliphatic heterocycles. The summed E-state index contributed by atoms with van der Waals surface area (Å²) < 4.78 is 5.84. The fourth-order valence-electron chi connectivity index (χ4n) is 5.01. The van der Waals surface area contributed by atoms with Crippen molar-refractivity contribution < 1.29 is 23.9 Å². The van der Waals surface area contributed by atoms with E-state index in [1.165, 1.54) is 11.3 Å². The van der Waals surface area contributed by atoms with E-state index in [1.54, 1.807) is 25.4 Å². The molecule has 3 aliphatic rings. The summed E-state index contributed by atoms with van der Waals surface area (Å²) in [6.45, 7) is 0.561. The van der Waals surface area contributed by atoms with Crippen LogP contribution in [0.1, 0.15) is 55.3 Å². The Balaban J connectivity index is 1.27. The molecule has 1 heterocycles. The summed E-state index contributed by atoms with van der Waals surface area (Å²) in [4.78, 5) is 54.7. The molecule has 4 amide bonds. The van der Waals surface area contributed by atoms with Gasteiger partial charge in [0.05, 0.1) is 0 Å². The van der Waals surface area contributed by atoms with Crippen molar-refractivity contribution in [3.63, 3.8) is 0 Å². The molecule has 3 saturated carbocycles. The molecule has 2 N–H and O–H groups in total. The van der Waals surface area contributed by atoms with Crippen LogP contribution in [-0.2, 0) is 14.4 Å². The highest BCUT2D eigenvalue weighted by molar-refractivity contribution is 6.36. The summed E-state index contributed by atoms with van der Waals surface area (Å²) in [6, 6.07) is 2.94. The molecule has 3 aliphatic carbocycles. The van der Waals surface area contributed by atoms with Crippen LogP contribution in [0.25, 0.3) is 0 Å². The van der Waals surface area contributed by atoms with Gasteiger partial charge in [-0.3, -0.25) is 24.1 Å². The Kier molecular flexibility index (Phi) is 5.68. The lowest BCUT2D eigenvalue weighted by Crippen LogP contribution is -2.61. The number of likely N-dealkylation sites (N-methyl/N-ethyl adjacent to an activating group) is 1. The maximum atomic E-state index is 12.6. The zero-order valence-corrected chi connectivity index (χ0v) is 17.7. The molecule has 0 bridgehead atoms. The van der Waals surface area contributed by atoms with Crippen LogP contribution in [-0.4, -0.2) is 64.7 Å². The number of rotatable bonds is 7. The van der Waals surface area contributed by atoms with Gasteiger partial charge in [0.2, 0.25) is 12.3 Å². The molecule has 0 unspecified atom stereocenters. The van der Waals surface area contributed by atoms with Gasteiger partial charge in [-0.25, -0.2) is 4.98 Å². The van der Waals surface area contributed by atoms with Crippen LogP contribution in [0.5, 0.6) is 5.88 Å². The second-order valence-corrected chi connectivity index (χ2v) is 9.23. The van der Waals surface area contributed by atoms with Crippen molar-refractivity contribution >= 4 is 24.1 Å². The minimum atomic E-state index is -0.747. The molecule has 1 aromatic heterocycles. The Morgan fingerprint density at radius 3 is 2.52 bits per heavy atom. The molecule has 0 atom stereocenters. The number of hydrogen-bond donors (Lipinski definition) is 1. The number of nitrogens with zero attached hydrogens (tertiary/aromatic N) is 3. The normalized spacial score (nSPS) is 26.7. The molecule has 0 aromatic carbocycles. The first-order valence-electron chi connectivity index (χ1n) is 10.8. The summed E-state index contributed by atoms with van der Waals surface area (Å²) in [5.74, 6) is -1.27. The van der Waals surface area contributed by atoms with E-state index in [0.717, 1.165) is 30.6 Å². The third-order valence-electron chi connectivity index (χ3n) is 7.00. The predicted molar refractivity (Wildman–Crippen MR) is 110 cm³/mol. The van der Waals surface area contributed by atoms with Crippen LogP contribution >= 0.6 is 0 Å². The standard InChI is InChI=1S/C22H28N4O5/c1-25(12-14-4-2-5-14)20(29)21(30)26(13-27)15-8-22(9-15)10-16(11-22)31-19-17(18(23)28)6-3-7-24-19/h3,6-7,13-16H,2,4-5,8-12H2,1H3,(H2,23,28). The van der Waals surface area contributed by atoms with Gasteiger partial charge in [0.25, 0.3) is 5.91 Å². The van der Waals surface area contributed by atoms with Gasteiger partial charge in [0.15, 0.2) is 0 Å². The summed E-state index contributed by atoms with van der Waals surface area (Å²) in [5.41, 5.74) is 5.61. The van der Waals surface area contributed by atoms with E-state index in [9.17, 15) is 19.2 Å². The van der Waals surface area contributed by atoms with Crippen LogP contribution < -0.4 is 10.5 Å². The van der Waals surface area contributed by atoms with Crippen LogP contribution in [0.4, 0.5) is 0 Å². The summed E-state index contributed by atoms with van der Waals surface area (Å²) in [5, 5.41) is 0. The van der Waals surface area contributed by atoms with Gasteiger partial charge in [-0.2, -0.15) is 0 Å². The third kappa shape index (κ3) is 4.13. The topological polar surface area (TPSA) is 123 Å². The number of amides is 4. The van der Waals surface area contributed by atoms with E-state index < -0.39 is 17.7 Å².